The van der Waals surface area contributed by atoms with Gasteiger partial charge in [-0.1, -0.05) is 11.6 Å². The number of hydrogen-bond acceptors (Lipinski definition) is 3. The minimum Gasteiger partial charge on any atom is -0.398 e. The lowest BCUT2D eigenvalue weighted by molar-refractivity contribution is 0.0917. The molecule has 1 amide bonds. The van der Waals surface area contributed by atoms with Crippen LogP contribution in [0.4, 0.5) is 5.69 Å². The van der Waals surface area contributed by atoms with Crippen LogP contribution in [0.15, 0.2) is 18.2 Å². The first-order valence-electron chi connectivity index (χ1n) is 6.42. The summed E-state index contributed by atoms with van der Waals surface area (Å²) in [7, 11) is 2.11. The van der Waals surface area contributed by atoms with Gasteiger partial charge >= 0.3 is 0 Å². The zero-order valence-electron chi connectivity index (χ0n) is 11.1. The first-order chi connectivity index (χ1) is 8.56. The van der Waals surface area contributed by atoms with Crippen molar-refractivity contribution in [3.8, 4) is 0 Å². The largest absolute Gasteiger partial charge is 0.398 e. The van der Waals surface area contributed by atoms with Crippen LogP contribution in [0.1, 0.15) is 28.8 Å². The van der Waals surface area contributed by atoms with Crippen molar-refractivity contribution in [3.63, 3.8) is 0 Å². The number of amides is 1. The van der Waals surface area contributed by atoms with E-state index in [9.17, 15) is 4.79 Å². The molecule has 98 valence electrons. The van der Waals surface area contributed by atoms with E-state index >= 15 is 0 Å². The van der Waals surface area contributed by atoms with Crippen LogP contribution in [0.25, 0.3) is 0 Å². The maximum atomic E-state index is 12.2. The van der Waals surface area contributed by atoms with Crippen molar-refractivity contribution >= 4 is 11.6 Å². The normalized spacial score (nSPS) is 17.7. The monoisotopic (exact) mass is 247 g/mol. The van der Waals surface area contributed by atoms with Gasteiger partial charge in [0.1, 0.15) is 0 Å². The number of carbonyl (C=O) groups excluding carboxylic acids is 1. The molecular formula is C14H21N3O. The summed E-state index contributed by atoms with van der Waals surface area (Å²) in [5, 5.41) is 3.08. The van der Waals surface area contributed by atoms with Crippen LogP contribution in [0.3, 0.4) is 0 Å². The van der Waals surface area contributed by atoms with Crippen molar-refractivity contribution in [1.29, 1.82) is 0 Å². The Bertz CT molecular complexity index is 437. The first-order valence-corrected chi connectivity index (χ1v) is 6.42. The van der Waals surface area contributed by atoms with E-state index in [0.29, 0.717) is 11.3 Å². The quantitative estimate of drug-likeness (QED) is 0.777. The Morgan fingerprint density at radius 3 is 2.72 bits per heavy atom. The number of rotatable bonds is 2. The molecule has 0 atom stereocenters. The maximum absolute atomic E-state index is 12.2. The average molecular weight is 247 g/mol. The number of nitrogens with two attached hydrogens (primary N) is 1. The molecule has 0 radical (unpaired) electrons. The second-order valence-corrected chi connectivity index (χ2v) is 5.14. The SMILES string of the molecule is Cc1ccc(N)c(C(=O)NC2CCN(C)CC2)c1. The van der Waals surface area contributed by atoms with Gasteiger partial charge in [-0.05, 0) is 52.0 Å². The van der Waals surface area contributed by atoms with Gasteiger partial charge in [0, 0.05) is 11.7 Å². The zero-order valence-corrected chi connectivity index (χ0v) is 11.1. The molecule has 1 saturated heterocycles. The van der Waals surface area contributed by atoms with Gasteiger partial charge in [-0.15, -0.1) is 0 Å². The lowest BCUT2D eigenvalue weighted by Gasteiger charge is -2.29. The number of nitrogens with one attached hydrogen (secondary N) is 1. The Balaban J connectivity index is 2.01. The predicted octanol–water partition coefficient (Wildman–Crippen LogP) is 1.40. The molecule has 0 saturated carbocycles. The molecule has 1 heterocycles. The standard InChI is InChI=1S/C14H21N3O/c1-10-3-4-13(15)12(9-10)14(18)16-11-5-7-17(2)8-6-11/h3-4,9,11H,5-8,15H2,1-2H3,(H,16,18). The number of likely N-dealkylation sites (tertiary alicyclic amines) is 1. The molecular weight excluding hydrogens is 226 g/mol. The fraction of sp³-hybridized carbons (Fsp3) is 0.500. The van der Waals surface area contributed by atoms with Crippen LogP contribution in [0, 0.1) is 6.92 Å². The number of nitrogen functional groups attached to an aromatic ring is 1. The molecule has 1 fully saturated rings. The highest BCUT2D eigenvalue weighted by Crippen LogP contribution is 2.15. The highest BCUT2D eigenvalue weighted by molar-refractivity contribution is 5.99. The Kier molecular flexibility index (Phi) is 3.87. The van der Waals surface area contributed by atoms with E-state index in [0.717, 1.165) is 31.5 Å². The van der Waals surface area contributed by atoms with Crippen LogP contribution in [-0.4, -0.2) is 37.0 Å². The summed E-state index contributed by atoms with van der Waals surface area (Å²) in [6, 6.07) is 5.83. The van der Waals surface area contributed by atoms with Gasteiger partial charge in [-0.25, -0.2) is 0 Å². The molecule has 2 rings (SSSR count). The third kappa shape index (κ3) is 3.01. The third-order valence-electron chi connectivity index (χ3n) is 3.51. The van der Waals surface area contributed by atoms with E-state index < -0.39 is 0 Å². The van der Waals surface area contributed by atoms with Gasteiger partial charge in [0.25, 0.3) is 5.91 Å². The summed E-state index contributed by atoms with van der Waals surface area (Å²) >= 11 is 0. The fourth-order valence-corrected chi connectivity index (χ4v) is 2.28. The summed E-state index contributed by atoms with van der Waals surface area (Å²) in [6.45, 7) is 4.04. The average Bonchev–Trinajstić information content (AvgIpc) is 2.35. The summed E-state index contributed by atoms with van der Waals surface area (Å²) in [4.78, 5) is 14.4. The number of benzene rings is 1. The van der Waals surface area contributed by atoms with Crippen LogP contribution < -0.4 is 11.1 Å². The van der Waals surface area contributed by atoms with Gasteiger partial charge in [0.05, 0.1) is 5.56 Å². The molecule has 4 heteroatoms. The zero-order chi connectivity index (χ0) is 13.1. The van der Waals surface area contributed by atoms with Gasteiger partial charge in [-0.3, -0.25) is 4.79 Å². The number of anilines is 1. The number of aryl methyl sites for hydroxylation is 1. The highest BCUT2D eigenvalue weighted by Gasteiger charge is 2.19. The molecule has 0 spiro atoms. The molecule has 0 unspecified atom stereocenters. The van der Waals surface area contributed by atoms with Crippen molar-refractivity contribution in [2.75, 3.05) is 25.9 Å². The molecule has 4 nitrogen and oxygen atoms in total. The van der Waals surface area contributed by atoms with Gasteiger partial charge in [0.15, 0.2) is 0 Å². The lowest BCUT2D eigenvalue weighted by atomic mass is 10.0. The van der Waals surface area contributed by atoms with E-state index in [-0.39, 0.29) is 11.9 Å². The summed E-state index contributed by atoms with van der Waals surface area (Å²) in [5.41, 5.74) is 8.04. The molecule has 1 aliphatic heterocycles. The third-order valence-corrected chi connectivity index (χ3v) is 3.51. The summed E-state index contributed by atoms with van der Waals surface area (Å²) < 4.78 is 0. The number of hydrogen-bond donors (Lipinski definition) is 2. The fourth-order valence-electron chi connectivity index (χ4n) is 2.28. The van der Waals surface area contributed by atoms with Crippen molar-refractivity contribution in [1.82, 2.24) is 10.2 Å². The molecule has 1 aromatic carbocycles. The minimum absolute atomic E-state index is 0.0502. The van der Waals surface area contributed by atoms with Crippen LogP contribution in [0.2, 0.25) is 0 Å². The molecule has 3 N–H and O–H groups in total. The van der Waals surface area contributed by atoms with E-state index in [1.54, 1.807) is 6.07 Å². The van der Waals surface area contributed by atoms with Crippen LogP contribution in [-0.2, 0) is 0 Å². The number of carbonyl (C=O) groups is 1. The minimum atomic E-state index is -0.0502. The van der Waals surface area contributed by atoms with Crippen molar-refractivity contribution in [2.24, 2.45) is 0 Å². The predicted molar refractivity (Wildman–Crippen MR) is 73.6 cm³/mol. The van der Waals surface area contributed by atoms with Gasteiger partial charge in [0.2, 0.25) is 0 Å². The molecule has 1 aromatic rings. The number of nitrogens with zero attached hydrogens (tertiary/aromatic N) is 1. The van der Waals surface area contributed by atoms with Crippen molar-refractivity contribution < 1.29 is 4.79 Å². The van der Waals surface area contributed by atoms with Gasteiger partial charge in [-0.2, -0.15) is 0 Å². The molecule has 0 aliphatic carbocycles. The first kappa shape index (κ1) is 12.9. The highest BCUT2D eigenvalue weighted by atomic mass is 16.1. The van der Waals surface area contributed by atoms with Crippen LogP contribution in [0.5, 0.6) is 0 Å². The lowest BCUT2D eigenvalue weighted by Crippen LogP contribution is -2.43. The van der Waals surface area contributed by atoms with Crippen molar-refractivity contribution in [2.45, 2.75) is 25.8 Å². The van der Waals surface area contributed by atoms with Gasteiger partial charge < -0.3 is 16.0 Å². The Labute approximate surface area is 108 Å². The van der Waals surface area contributed by atoms with E-state index in [2.05, 4.69) is 17.3 Å². The van der Waals surface area contributed by atoms with E-state index in [1.165, 1.54) is 0 Å². The molecule has 1 aliphatic rings. The van der Waals surface area contributed by atoms with Crippen LogP contribution >= 0.6 is 0 Å². The van der Waals surface area contributed by atoms with E-state index in [1.807, 2.05) is 19.1 Å². The second kappa shape index (κ2) is 5.40. The van der Waals surface area contributed by atoms with E-state index in [4.69, 9.17) is 5.73 Å². The maximum Gasteiger partial charge on any atom is 0.253 e. The van der Waals surface area contributed by atoms with Crippen molar-refractivity contribution in [3.05, 3.63) is 29.3 Å². The topological polar surface area (TPSA) is 58.4 Å². The summed E-state index contributed by atoms with van der Waals surface area (Å²) in [5.74, 6) is -0.0502. The molecule has 0 bridgehead atoms. The Morgan fingerprint density at radius 1 is 1.39 bits per heavy atom. The Hall–Kier alpha value is -1.55. The second-order valence-electron chi connectivity index (χ2n) is 5.14. The number of piperidine rings is 1. The summed E-state index contributed by atoms with van der Waals surface area (Å²) in [6.07, 6.45) is 2.02. The Morgan fingerprint density at radius 2 is 2.06 bits per heavy atom. The molecule has 0 aromatic heterocycles. The smallest absolute Gasteiger partial charge is 0.253 e. The molecule has 18 heavy (non-hydrogen) atoms.